The number of hydrogen-bond donors (Lipinski definition) is 1. The molecule has 2 fully saturated rings. The molecule has 88 valence electrons. The molecule has 5 heteroatoms. The zero-order valence-electron chi connectivity index (χ0n) is 9.65. The molecule has 1 N–H and O–H groups in total. The molecule has 0 aliphatic carbocycles. The number of nitrogens with one attached hydrogen (secondary N) is 1. The summed E-state index contributed by atoms with van der Waals surface area (Å²) >= 11 is 1.70. The van der Waals surface area contributed by atoms with Crippen LogP contribution in [0.15, 0.2) is 0 Å². The third-order valence-electron chi connectivity index (χ3n) is 3.68. The minimum absolute atomic E-state index is 0.597. The van der Waals surface area contributed by atoms with E-state index in [9.17, 15) is 0 Å². The molecule has 3 heterocycles. The van der Waals surface area contributed by atoms with Crippen molar-refractivity contribution >= 4 is 16.5 Å². The van der Waals surface area contributed by atoms with Gasteiger partial charge in [0.1, 0.15) is 5.01 Å². The number of rotatable bonds is 3. The van der Waals surface area contributed by atoms with E-state index < -0.39 is 0 Å². The average molecular weight is 238 g/mol. The van der Waals surface area contributed by atoms with E-state index in [4.69, 9.17) is 0 Å². The highest BCUT2D eigenvalue weighted by molar-refractivity contribution is 7.15. The van der Waals surface area contributed by atoms with Crippen LogP contribution in [0, 0.1) is 0 Å². The number of anilines is 1. The highest BCUT2D eigenvalue weighted by atomic mass is 32.1. The average Bonchev–Trinajstić information content (AvgIpc) is 2.97. The van der Waals surface area contributed by atoms with E-state index in [0.29, 0.717) is 6.04 Å². The normalized spacial score (nSPS) is 29.6. The first-order valence-electron chi connectivity index (χ1n) is 6.20. The van der Waals surface area contributed by atoms with Crippen molar-refractivity contribution in [2.75, 3.05) is 18.4 Å². The third-order valence-corrected chi connectivity index (χ3v) is 4.68. The highest BCUT2D eigenvalue weighted by Gasteiger charge is 2.37. The lowest BCUT2D eigenvalue weighted by atomic mass is 10.1. The maximum atomic E-state index is 4.20. The SMILES string of the molecule is CCc1nnc(NC2CCN3CCCC23)s1. The van der Waals surface area contributed by atoms with Crippen LogP contribution in [0.1, 0.15) is 31.2 Å². The number of nitrogens with zero attached hydrogens (tertiary/aromatic N) is 3. The number of aromatic nitrogens is 2. The second kappa shape index (κ2) is 4.30. The maximum Gasteiger partial charge on any atom is 0.205 e. The Morgan fingerprint density at radius 1 is 1.38 bits per heavy atom. The molecule has 0 radical (unpaired) electrons. The summed E-state index contributed by atoms with van der Waals surface area (Å²) < 4.78 is 0. The van der Waals surface area contributed by atoms with Crippen molar-refractivity contribution in [2.24, 2.45) is 0 Å². The zero-order chi connectivity index (χ0) is 11.0. The van der Waals surface area contributed by atoms with E-state index in [1.165, 1.54) is 32.4 Å². The molecule has 1 aromatic heterocycles. The van der Waals surface area contributed by atoms with Crippen LogP contribution in [0.4, 0.5) is 5.13 Å². The van der Waals surface area contributed by atoms with Gasteiger partial charge in [-0.25, -0.2) is 0 Å². The van der Waals surface area contributed by atoms with Gasteiger partial charge in [0.15, 0.2) is 0 Å². The molecule has 0 spiro atoms. The van der Waals surface area contributed by atoms with E-state index in [2.05, 4.69) is 27.3 Å². The Morgan fingerprint density at radius 2 is 2.31 bits per heavy atom. The van der Waals surface area contributed by atoms with Crippen molar-refractivity contribution < 1.29 is 0 Å². The maximum absolute atomic E-state index is 4.20. The largest absolute Gasteiger partial charge is 0.356 e. The van der Waals surface area contributed by atoms with Crippen LogP contribution < -0.4 is 5.32 Å². The van der Waals surface area contributed by atoms with Gasteiger partial charge in [-0.1, -0.05) is 18.3 Å². The van der Waals surface area contributed by atoms with Gasteiger partial charge in [-0.05, 0) is 32.2 Å². The highest BCUT2D eigenvalue weighted by Crippen LogP contribution is 2.30. The van der Waals surface area contributed by atoms with Crippen LogP contribution in [0.2, 0.25) is 0 Å². The first-order valence-corrected chi connectivity index (χ1v) is 7.01. The number of hydrogen-bond acceptors (Lipinski definition) is 5. The Balaban J connectivity index is 1.66. The van der Waals surface area contributed by atoms with Gasteiger partial charge in [0, 0.05) is 18.6 Å². The van der Waals surface area contributed by atoms with Crippen molar-refractivity contribution in [1.29, 1.82) is 0 Å². The van der Waals surface area contributed by atoms with Crippen LogP contribution in [-0.2, 0) is 6.42 Å². The molecule has 4 nitrogen and oxygen atoms in total. The standard InChI is InChI=1S/C11H18N4S/c1-2-10-13-14-11(16-10)12-8-5-7-15-6-3-4-9(8)15/h8-9H,2-7H2,1H3,(H,12,14). The lowest BCUT2D eigenvalue weighted by Gasteiger charge is -2.20. The monoisotopic (exact) mass is 238 g/mol. The molecular formula is C11H18N4S. The molecular weight excluding hydrogens is 220 g/mol. The van der Waals surface area contributed by atoms with Gasteiger partial charge in [0.05, 0.1) is 0 Å². The zero-order valence-corrected chi connectivity index (χ0v) is 10.5. The summed E-state index contributed by atoms with van der Waals surface area (Å²) in [5.74, 6) is 0. The van der Waals surface area contributed by atoms with E-state index in [-0.39, 0.29) is 0 Å². The van der Waals surface area contributed by atoms with E-state index in [1.807, 2.05) is 0 Å². The minimum Gasteiger partial charge on any atom is -0.356 e. The molecule has 0 saturated carbocycles. The van der Waals surface area contributed by atoms with Gasteiger partial charge in [-0.15, -0.1) is 10.2 Å². The topological polar surface area (TPSA) is 41.1 Å². The molecule has 2 unspecified atom stereocenters. The van der Waals surface area contributed by atoms with Gasteiger partial charge in [-0.3, -0.25) is 4.90 Å². The summed E-state index contributed by atoms with van der Waals surface area (Å²) in [5.41, 5.74) is 0. The fourth-order valence-corrected chi connectivity index (χ4v) is 3.61. The van der Waals surface area contributed by atoms with Crippen LogP contribution in [0.3, 0.4) is 0 Å². The van der Waals surface area contributed by atoms with Gasteiger partial charge >= 0.3 is 0 Å². The second-order valence-corrected chi connectivity index (χ2v) is 5.70. The van der Waals surface area contributed by atoms with Crippen LogP contribution in [0.25, 0.3) is 0 Å². The van der Waals surface area contributed by atoms with Crippen molar-refractivity contribution in [3.63, 3.8) is 0 Å². The molecule has 0 aromatic carbocycles. The smallest absolute Gasteiger partial charge is 0.205 e. The fourth-order valence-electron chi connectivity index (χ4n) is 2.86. The second-order valence-electron chi connectivity index (χ2n) is 4.64. The molecule has 3 rings (SSSR count). The van der Waals surface area contributed by atoms with Crippen LogP contribution >= 0.6 is 11.3 Å². The van der Waals surface area contributed by atoms with Gasteiger partial charge < -0.3 is 5.32 Å². The summed E-state index contributed by atoms with van der Waals surface area (Å²) in [6, 6.07) is 1.34. The summed E-state index contributed by atoms with van der Waals surface area (Å²) in [5, 5.41) is 14.1. The summed E-state index contributed by atoms with van der Waals surface area (Å²) in [6.07, 6.45) is 4.95. The summed E-state index contributed by atoms with van der Waals surface area (Å²) in [4.78, 5) is 2.61. The number of aryl methyl sites for hydroxylation is 1. The molecule has 2 aliphatic heterocycles. The predicted molar refractivity (Wildman–Crippen MR) is 65.9 cm³/mol. The van der Waals surface area contributed by atoms with E-state index >= 15 is 0 Å². The Labute approximate surface area is 100 Å². The minimum atomic E-state index is 0.597. The molecule has 2 saturated heterocycles. The summed E-state index contributed by atoms with van der Waals surface area (Å²) in [6.45, 7) is 4.67. The number of fused-ring (bicyclic) bond motifs is 1. The Hall–Kier alpha value is -0.680. The molecule has 2 atom stereocenters. The van der Waals surface area contributed by atoms with Crippen molar-refractivity contribution in [1.82, 2.24) is 15.1 Å². The lowest BCUT2D eigenvalue weighted by molar-refractivity contribution is 0.318. The molecule has 0 amide bonds. The first kappa shape index (κ1) is 10.5. The van der Waals surface area contributed by atoms with Gasteiger partial charge in [0.2, 0.25) is 5.13 Å². The lowest BCUT2D eigenvalue weighted by Crippen LogP contribution is -2.33. The summed E-state index contributed by atoms with van der Waals surface area (Å²) in [7, 11) is 0. The fraction of sp³-hybridized carbons (Fsp3) is 0.818. The Kier molecular flexibility index (Phi) is 2.81. The van der Waals surface area contributed by atoms with Gasteiger partial charge in [0.25, 0.3) is 0 Å². The quantitative estimate of drug-likeness (QED) is 0.871. The van der Waals surface area contributed by atoms with Crippen molar-refractivity contribution in [3.8, 4) is 0 Å². The van der Waals surface area contributed by atoms with E-state index in [0.717, 1.165) is 22.6 Å². The molecule has 1 aromatic rings. The molecule has 16 heavy (non-hydrogen) atoms. The van der Waals surface area contributed by atoms with E-state index in [1.54, 1.807) is 11.3 Å². The third kappa shape index (κ3) is 1.82. The molecule has 2 aliphatic rings. The molecule has 0 bridgehead atoms. The first-order chi connectivity index (χ1) is 7.86. The predicted octanol–water partition coefficient (Wildman–Crippen LogP) is 1.75. The van der Waals surface area contributed by atoms with Crippen molar-refractivity contribution in [2.45, 2.75) is 44.7 Å². The Morgan fingerprint density at radius 3 is 3.12 bits per heavy atom. The van der Waals surface area contributed by atoms with Crippen LogP contribution in [-0.4, -0.2) is 40.3 Å². The Bertz CT molecular complexity index is 365. The van der Waals surface area contributed by atoms with Gasteiger partial charge in [-0.2, -0.15) is 0 Å². The van der Waals surface area contributed by atoms with Crippen LogP contribution in [0.5, 0.6) is 0 Å². The van der Waals surface area contributed by atoms with Crippen molar-refractivity contribution in [3.05, 3.63) is 5.01 Å².